The van der Waals surface area contributed by atoms with Crippen LogP contribution in [-0.2, 0) is 21.6 Å². The predicted molar refractivity (Wildman–Crippen MR) is 99.2 cm³/mol. The lowest BCUT2D eigenvalue weighted by Crippen LogP contribution is -2.18. The van der Waals surface area contributed by atoms with Crippen molar-refractivity contribution in [1.29, 1.82) is 0 Å². The van der Waals surface area contributed by atoms with E-state index in [9.17, 15) is 13.5 Å². The maximum atomic E-state index is 11.9. The van der Waals surface area contributed by atoms with Crippen LogP contribution >= 0.6 is 0 Å². The van der Waals surface area contributed by atoms with Crippen LogP contribution in [0, 0.1) is 10.8 Å². The van der Waals surface area contributed by atoms with Gasteiger partial charge in [-0.1, -0.05) is 34.6 Å². The van der Waals surface area contributed by atoms with Crippen molar-refractivity contribution in [2.45, 2.75) is 66.7 Å². The highest BCUT2D eigenvalue weighted by Crippen LogP contribution is 2.21. The van der Waals surface area contributed by atoms with E-state index >= 15 is 0 Å². The summed E-state index contributed by atoms with van der Waals surface area (Å²) in [5, 5.41) is 9.17. The second-order valence-electron chi connectivity index (χ2n) is 8.14. The molecular formula is C17H36O3S2. The number of rotatable bonds is 12. The summed E-state index contributed by atoms with van der Waals surface area (Å²) in [6, 6.07) is 0. The molecule has 0 radical (unpaired) electrons. The van der Waals surface area contributed by atoms with Gasteiger partial charge in [-0.2, -0.15) is 0 Å². The molecule has 2 atom stereocenters. The van der Waals surface area contributed by atoms with Crippen LogP contribution in [0.4, 0.5) is 0 Å². The molecule has 0 fully saturated rings. The summed E-state index contributed by atoms with van der Waals surface area (Å²) in [7, 11) is -1.57. The third-order valence-corrected chi connectivity index (χ3v) is 6.67. The van der Waals surface area contributed by atoms with Crippen LogP contribution in [0.25, 0.3) is 0 Å². The monoisotopic (exact) mass is 352 g/mol. The van der Waals surface area contributed by atoms with Crippen molar-refractivity contribution in [3.05, 3.63) is 0 Å². The fourth-order valence-corrected chi connectivity index (χ4v) is 4.60. The summed E-state index contributed by atoms with van der Waals surface area (Å²) in [6.07, 6.45) is 4.68. The van der Waals surface area contributed by atoms with Gasteiger partial charge in [0.1, 0.15) is 0 Å². The van der Waals surface area contributed by atoms with E-state index in [-0.39, 0.29) is 12.0 Å². The van der Waals surface area contributed by atoms with Crippen LogP contribution in [0.1, 0.15) is 66.7 Å². The fraction of sp³-hybridized carbons (Fsp3) is 1.00. The molecule has 0 aliphatic heterocycles. The van der Waals surface area contributed by atoms with Gasteiger partial charge in [0.25, 0.3) is 0 Å². The molecule has 0 bridgehead atoms. The molecule has 0 amide bonds. The lowest BCUT2D eigenvalue weighted by atomic mass is 9.89. The van der Waals surface area contributed by atoms with Crippen molar-refractivity contribution in [2.24, 2.45) is 10.8 Å². The highest BCUT2D eigenvalue weighted by molar-refractivity contribution is 7.85. The summed E-state index contributed by atoms with van der Waals surface area (Å²) in [4.78, 5) is 0. The zero-order valence-electron chi connectivity index (χ0n) is 15.2. The van der Waals surface area contributed by atoms with Gasteiger partial charge >= 0.3 is 0 Å². The lowest BCUT2D eigenvalue weighted by Gasteiger charge is -2.20. The topological polar surface area (TPSA) is 54.4 Å². The third-order valence-electron chi connectivity index (χ3n) is 3.70. The van der Waals surface area contributed by atoms with Gasteiger partial charge in [-0.15, -0.1) is 0 Å². The average Bonchev–Trinajstić information content (AvgIpc) is 2.37. The third kappa shape index (κ3) is 13.9. The second kappa shape index (κ2) is 10.9. The molecule has 0 aromatic rings. The first-order chi connectivity index (χ1) is 10.1. The molecule has 0 rings (SSSR count). The molecule has 1 N–H and O–H groups in total. The molecule has 0 aromatic carbocycles. The molecule has 0 aliphatic rings. The van der Waals surface area contributed by atoms with Crippen LogP contribution in [0.3, 0.4) is 0 Å². The molecule has 0 saturated heterocycles. The van der Waals surface area contributed by atoms with E-state index in [1.54, 1.807) is 0 Å². The predicted octanol–water partition coefficient (Wildman–Crippen LogP) is 3.50. The van der Waals surface area contributed by atoms with Gasteiger partial charge in [-0.3, -0.25) is 8.42 Å². The summed E-state index contributed by atoms with van der Waals surface area (Å²) in [5.41, 5.74) is 0.243. The van der Waals surface area contributed by atoms with Crippen molar-refractivity contribution in [2.75, 3.05) is 29.6 Å². The molecule has 0 aromatic heterocycles. The largest absolute Gasteiger partial charge is 0.396 e. The highest BCUT2D eigenvalue weighted by atomic mass is 32.2. The van der Waals surface area contributed by atoms with E-state index in [4.69, 9.17) is 0 Å². The van der Waals surface area contributed by atoms with Crippen LogP contribution < -0.4 is 0 Å². The Morgan fingerprint density at radius 1 is 0.727 bits per heavy atom. The van der Waals surface area contributed by atoms with Crippen molar-refractivity contribution < 1.29 is 13.5 Å². The SMILES string of the molecule is CC(C)(C)CCCS(=O)CCCS(=O)CCCC(C)(C)CO. The van der Waals surface area contributed by atoms with E-state index < -0.39 is 21.6 Å². The normalized spacial score (nSPS) is 15.7. The molecule has 0 saturated carbocycles. The summed E-state index contributed by atoms with van der Waals surface area (Å²) in [5.74, 6) is 2.80. The van der Waals surface area contributed by atoms with Gasteiger partial charge in [-0.05, 0) is 42.9 Å². The second-order valence-corrected chi connectivity index (χ2v) is 11.5. The zero-order valence-corrected chi connectivity index (χ0v) is 16.8. The molecule has 3 nitrogen and oxygen atoms in total. The van der Waals surface area contributed by atoms with E-state index in [1.807, 2.05) is 13.8 Å². The Morgan fingerprint density at radius 2 is 1.14 bits per heavy atom. The minimum Gasteiger partial charge on any atom is -0.396 e. The smallest absolute Gasteiger partial charge is 0.0482 e. The Hall–Kier alpha value is 0.260. The average molecular weight is 353 g/mol. The summed E-state index contributed by atoms with van der Waals surface area (Å²) >= 11 is 0. The molecule has 134 valence electrons. The van der Waals surface area contributed by atoms with Gasteiger partial charge in [0.2, 0.25) is 0 Å². The summed E-state index contributed by atoms with van der Waals surface area (Å²) in [6.45, 7) is 10.8. The van der Waals surface area contributed by atoms with Crippen molar-refractivity contribution in [3.8, 4) is 0 Å². The van der Waals surface area contributed by atoms with Crippen LogP contribution in [0.5, 0.6) is 0 Å². The first-order valence-corrected chi connectivity index (χ1v) is 11.3. The number of aliphatic hydroxyl groups is 1. The molecule has 22 heavy (non-hydrogen) atoms. The van der Waals surface area contributed by atoms with Crippen LogP contribution in [0.15, 0.2) is 0 Å². The quantitative estimate of drug-likeness (QED) is 0.585. The Bertz CT molecular complexity index is 346. The first-order valence-electron chi connectivity index (χ1n) is 8.36. The van der Waals surface area contributed by atoms with Crippen molar-refractivity contribution >= 4 is 21.6 Å². The lowest BCUT2D eigenvalue weighted by molar-refractivity contribution is 0.150. The van der Waals surface area contributed by atoms with E-state index in [0.717, 1.165) is 37.9 Å². The van der Waals surface area contributed by atoms with Gasteiger partial charge in [0.15, 0.2) is 0 Å². The minimum absolute atomic E-state index is 0.0707. The molecule has 0 aliphatic carbocycles. The first kappa shape index (κ1) is 22.3. The highest BCUT2D eigenvalue weighted by Gasteiger charge is 2.16. The van der Waals surface area contributed by atoms with Crippen molar-refractivity contribution in [3.63, 3.8) is 0 Å². The Balaban J connectivity index is 3.65. The Morgan fingerprint density at radius 3 is 1.55 bits per heavy atom. The minimum atomic E-state index is -0.809. The summed E-state index contributed by atoms with van der Waals surface area (Å²) < 4.78 is 23.8. The van der Waals surface area contributed by atoms with Gasteiger partial charge in [0, 0.05) is 51.2 Å². The molecule has 5 heteroatoms. The van der Waals surface area contributed by atoms with Gasteiger partial charge in [0.05, 0.1) is 0 Å². The Kier molecular flexibility index (Phi) is 11.1. The van der Waals surface area contributed by atoms with Crippen LogP contribution in [-0.4, -0.2) is 43.1 Å². The van der Waals surface area contributed by atoms with Crippen molar-refractivity contribution in [1.82, 2.24) is 0 Å². The van der Waals surface area contributed by atoms with E-state index in [1.165, 1.54) is 0 Å². The molecule has 0 spiro atoms. The standard InChI is InChI=1S/C17H36O3S2/c1-16(2,3)9-6-11-21(19)13-8-14-22(20)12-7-10-17(4,5)15-18/h18H,6-15H2,1-5H3. The Labute approximate surface area is 142 Å². The molecular weight excluding hydrogens is 316 g/mol. The number of hydrogen-bond donors (Lipinski definition) is 1. The maximum Gasteiger partial charge on any atom is 0.0482 e. The zero-order chi connectivity index (χ0) is 17.2. The number of hydrogen-bond acceptors (Lipinski definition) is 3. The number of aliphatic hydroxyl groups excluding tert-OH is 1. The van der Waals surface area contributed by atoms with E-state index in [2.05, 4.69) is 20.8 Å². The van der Waals surface area contributed by atoms with Crippen LogP contribution in [0.2, 0.25) is 0 Å². The molecule has 2 unspecified atom stereocenters. The molecule has 0 heterocycles. The fourth-order valence-electron chi connectivity index (χ4n) is 2.14. The van der Waals surface area contributed by atoms with Gasteiger partial charge < -0.3 is 5.11 Å². The van der Waals surface area contributed by atoms with Gasteiger partial charge in [-0.25, -0.2) is 0 Å². The maximum absolute atomic E-state index is 11.9. The van der Waals surface area contributed by atoms with E-state index in [0.29, 0.717) is 22.7 Å².